The molecule has 0 spiro atoms. The number of hydrogen-bond acceptors (Lipinski definition) is 4. The molecule has 1 aliphatic carbocycles. The summed E-state index contributed by atoms with van der Waals surface area (Å²) in [6, 6.07) is 2.16. The minimum absolute atomic E-state index is 0.149. The van der Waals surface area contributed by atoms with Gasteiger partial charge in [-0.25, -0.2) is 0 Å². The monoisotopic (exact) mass is 456 g/mol. The third-order valence-corrected chi connectivity index (χ3v) is 7.41. The third kappa shape index (κ3) is 3.07. The number of aryl methyl sites for hydroxylation is 2. The highest BCUT2D eigenvalue weighted by Crippen LogP contribution is 2.65. The van der Waals surface area contributed by atoms with Crippen molar-refractivity contribution < 1.29 is 36.6 Å². The molecule has 3 rings (SSSR count). The number of rotatable bonds is 6. The van der Waals surface area contributed by atoms with E-state index in [-0.39, 0.29) is 32.4 Å². The average molecular weight is 456 g/mol. The van der Waals surface area contributed by atoms with Crippen LogP contribution in [0.1, 0.15) is 44.5 Å². The Kier molecular flexibility index (Phi) is 5.70. The van der Waals surface area contributed by atoms with Gasteiger partial charge in [-0.2, -0.15) is 26.3 Å². The lowest BCUT2D eigenvalue weighted by Crippen LogP contribution is -2.48. The summed E-state index contributed by atoms with van der Waals surface area (Å²) in [6.45, 7) is 2.13. The van der Waals surface area contributed by atoms with Crippen LogP contribution >= 0.6 is 22.7 Å². The average Bonchev–Trinajstić information content (AvgIpc) is 3.30. The molecule has 2 aromatic heterocycles. The molecule has 0 fully saturated rings. The molecule has 1 aliphatic rings. The van der Waals surface area contributed by atoms with Crippen molar-refractivity contribution >= 4 is 33.8 Å². The normalized spacial score (nSPS) is 19.9. The van der Waals surface area contributed by atoms with Crippen LogP contribution in [0.3, 0.4) is 0 Å². The molecule has 2 nitrogen and oxygen atoms in total. The number of alkyl halides is 6. The standard InChI is InChI=1S/C19H18F6O2S2/c1-3-13-11(5-9(7-26)28-13)15-16(12-6-10(8-27)29-14(12)4-2)18(22,23)19(24,25)17(15,20)21/h5-6,26-27H,3-4,7-8H2,1-2H3. The number of aliphatic hydroxyl groups excluding tert-OH is 2. The van der Waals surface area contributed by atoms with Gasteiger partial charge in [-0.1, -0.05) is 13.8 Å². The Labute approximate surface area is 171 Å². The quantitative estimate of drug-likeness (QED) is 0.544. The predicted octanol–water partition coefficient (Wildman–Crippen LogP) is 5.75. The van der Waals surface area contributed by atoms with Crippen LogP contribution in [0.15, 0.2) is 12.1 Å². The van der Waals surface area contributed by atoms with Crippen LogP contribution in [0.4, 0.5) is 26.3 Å². The summed E-state index contributed by atoms with van der Waals surface area (Å²) in [4.78, 5) is 0.862. The van der Waals surface area contributed by atoms with E-state index in [1.54, 1.807) is 13.8 Å². The Hall–Kier alpha value is -1.36. The minimum Gasteiger partial charge on any atom is -0.391 e. The van der Waals surface area contributed by atoms with Crippen LogP contribution in [0.2, 0.25) is 0 Å². The van der Waals surface area contributed by atoms with Crippen molar-refractivity contribution in [3.8, 4) is 0 Å². The first-order chi connectivity index (χ1) is 13.5. The summed E-state index contributed by atoms with van der Waals surface area (Å²) in [7, 11) is 0. The van der Waals surface area contributed by atoms with Crippen molar-refractivity contribution in [2.45, 2.75) is 57.7 Å². The lowest BCUT2D eigenvalue weighted by molar-refractivity contribution is -0.254. The van der Waals surface area contributed by atoms with Gasteiger partial charge in [0, 0.05) is 30.7 Å². The summed E-state index contributed by atoms with van der Waals surface area (Å²) < 4.78 is 88.2. The van der Waals surface area contributed by atoms with E-state index in [1.165, 1.54) is 0 Å². The maximum absolute atomic E-state index is 14.9. The first kappa shape index (κ1) is 22.3. The van der Waals surface area contributed by atoms with Gasteiger partial charge in [0.05, 0.1) is 13.2 Å². The molecule has 10 heteroatoms. The maximum Gasteiger partial charge on any atom is 0.380 e. The molecular weight excluding hydrogens is 438 g/mol. The molecule has 0 atom stereocenters. The summed E-state index contributed by atoms with van der Waals surface area (Å²) in [5.41, 5.74) is -3.59. The van der Waals surface area contributed by atoms with Crippen LogP contribution in [0, 0.1) is 0 Å². The Morgan fingerprint density at radius 1 is 0.724 bits per heavy atom. The molecule has 0 saturated heterocycles. The van der Waals surface area contributed by atoms with Gasteiger partial charge in [-0.05, 0) is 36.1 Å². The zero-order valence-electron chi connectivity index (χ0n) is 15.5. The number of allylic oxidation sites excluding steroid dienone is 2. The molecule has 0 amide bonds. The molecule has 0 aromatic carbocycles. The molecular formula is C19H18F6O2S2. The minimum atomic E-state index is -5.62. The second-order valence-electron chi connectivity index (χ2n) is 6.60. The zero-order chi connectivity index (χ0) is 21.8. The summed E-state index contributed by atoms with van der Waals surface area (Å²) >= 11 is 1.84. The highest BCUT2D eigenvalue weighted by molar-refractivity contribution is 7.12. The van der Waals surface area contributed by atoms with E-state index in [2.05, 4.69) is 0 Å². The molecule has 2 N–H and O–H groups in total. The Balaban J connectivity index is 2.45. The fourth-order valence-corrected chi connectivity index (χ4v) is 5.45. The molecule has 0 radical (unpaired) electrons. The van der Waals surface area contributed by atoms with E-state index in [4.69, 9.17) is 0 Å². The highest BCUT2D eigenvalue weighted by atomic mass is 32.1. The van der Waals surface area contributed by atoms with Crippen molar-refractivity contribution in [1.29, 1.82) is 0 Å². The molecule has 0 unspecified atom stereocenters. The van der Waals surface area contributed by atoms with Crippen LogP contribution in [-0.2, 0) is 26.1 Å². The van der Waals surface area contributed by atoms with Gasteiger partial charge < -0.3 is 10.2 Å². The van der Waals surface area contributed by atoms with Gasteiger partial charge in [0.1, 0.15) is 0 Å². The number of thiophene rings is 2. The highest BCUT2D eigenvalue weighted by Gasteiger charge is 2.80. The maximum atomic E-state index is 14.9. The van der Waals surface area contributed by atoms with Gasteiger partial charge in [0.25, 0.3) is 0 Å². The van der Waals surface area contributed by atoms with E-state index < -0.39 is 53.3 Å². The van der Waals surface area contributed by atoms with Crippen molar-refractivity contribution in [3.63, 3.8) is 0 Å². The SMILES string of the molecule is CCc1sc(CO)cc1C1=C(c2cc(CO)sc2CC)C(F)(F)C(F)(F)C1(F)F. The molecule has 2 heterocycles. The first-order valence-electron chi connectivity index (χ1n) is 8.82. The number of halogens is 6. The van der Waals surface area contributed by atoms with E-state index in [1.807, 2.05) is 0 Å². The Bertz CT molecular complexity index is 884. The van der Waals surface area contributed by atoms with Crippen LogP contribution in [0.5, 0.6) is 0 Å². The van der Waals surface area contributed by atoms with E-state index >= 15 is 0 Å². The summed E-state index contributed by atoms with van der Waals surface area (Å²) in [5.74, 6) is -15.9. The van der Waals surface area contributed by atoms with Crippen LogP contribution < -0.4 is 0 Å². The molecule has 0 saturated carbocycles. The molecule has 0 aliphatic heterocycles. The van der Waals surface area contributed by atoms with Crippen LogP contribution in [0.25, 0.3) is 11.1 Å². The smallest absolute Gasteiger partial charge is 0.380 e. The predicted molar refractivity (Wildman–Crippen MR) is 101 cm³/mol. The zero-order valence-corrected chi connectivity index (χ0v) is 17.1. The second-order valence-corrected chi connectivity index (χ2v) is 9.04. The fraction of sp³-hybridized carbons (Fsp3) is 0.474. The Morgan fingerprint density at radius 3 is 1.34 bits per heavy atom. The Morgan fingerprint density at radius 2 is 1.07 bits per heavy atom. The topological polar surface area (TPSA) is 40.5 Å². The molecule has 0 bridgehead atoms. The largest absolute Gasteiger partial charge is 0.391 e. The van der Waals surface area contributed by atoms with E-state index in [9.17, 15) is 36.6 Å². The molecule has 2 aromatic rings. The van der Waals surface area contributed by atoms with Gasteiger partial charge in [0.2, 0.25) is 0 Å². The van der Waals surface area contributed by atoms with Crippen molar-refractivity contribution in [3.05, 3.63) is 42.8 Å². The summed E-state index contributed by atoms with van der Waals surface area (Å²) in [5, 5.41) is 18.7. The molecule has 160 valence electrons. The van der Waals surface area contributed by atoms with Gasteiger partial charge in [-0.15, -0.1) is 22.7 Å². The number of aliphatic hydroxyl groups is 2. The van der Waals surface area contributed by atoms with E-state index in [0.717, 1.165) is 34.8 Å². The van der Waals surface area contributed by atoms with Gasteiger partial charge >= 0.3 is 17.8 Å². The summed E-state index contributed by atoms with van der Waals surface area (Å²) in [6.07, 6.45) is 0.298. The van der Waals surface area contributed by atoms with Crippen molar-refractivity contribution in [2.75, 3.05) is 0 Å². The first-order valence-corrected chi connectivity index (χ1v) is 10.4. The van der Waals surface area contributed by atoms with E-state index in [0.29, 0.717) is 0 Å². The van der Waals surface area contributed by atoms with Crippen molar-refractivity contribution in [2.24, 2.45) is 0 Å². The lowest BCUT2D eigenvalue weighted by atomic mass is 9.94. The lowest BCUT2D eigenvalue weighted by Gasteiger charge is -2.25. The third-order valence-electron chi connectivity index (χ3n) is 4.88. The van der Waals surface area contributed by atoms with Crippen LogP contribution in [-0.4, -0.2) is 28.0 Å². The molecule has 29 heavy (non-hydrogen) atoms. The van der Waals surface area contributed by atoms with Gasteiger partial charge in [-0.3, -0.25) is 0 Å². The van der Waals surface area contributed by atoms with Crippen molar-refractivity contribution in [1.82, 2.24) is 0 Å². The fourth-order valence-electron chi connectivity index (χ4n) is 3.51. The van der Waals surface area contributed by atoms with Gasteiger partial charge in [0.15, 0.2) is 0 Å². The second kappa shape index (κ2) is 7.40. The number of hydrogen-bond donors (Lipinski definition) is 2.